The van der Waals surface area contributed by atoms with E-state index in [1.54, 1.807) is 19.4 Å². The van der Waals surface area contributed by atoms with Crippen LogP contribution in [0, 0.1) is 0 Å². The Kier molecular flexibility index (Phi) is 5.08. The van der Waals surface area contributed by atoms with E-state index < -0.39 is 17.5 Å². The quantitative estimate of drug-likeness (QED) is 0.732. The van der Waals surface area contributed by atoms with Crippen molar-refractivity contribution in [1.29, 1.82) is 0 Å². The maximum Gasteiger partial charge on any atom is 0.329 e. The zero-order chi connectivity index (χ0) is 13.6. The number of carbonyl (C=O) groups is 2. The Bertz CT molecular complexity index is 402. The molecule has 100 valence electrons. The molecule has 0 aliphatic carbocycles. The Labute approximate surface area is 109 Å². The predicted molar refractivity (Wildman–Crippen MR) is 68.4 cm³/mol. The molecule has 0 atom stereocenters. The van der Waals surface area contributed by atoms with Gasteiger partial charge >= 0.3 is 12.0 Å². The number of carboxylic acid groups (broad SMARTS) is 1. The van der Waals surface area contributed by atoms with Gasteiger partial charge in [-0.2, -0.15) is 0 Å². The molecule has 0 radical (unpaired) electrons. The third-order valence-electron chi connectivity index (χ3n) is 2.88. The van der Waals surface area contributed by atoms with Crippen molar-refractivity contribution in [1.82, 2.24) is 15.6 Å². The number of rotatable bonds is 6. The molecule has 0 spiro atoms. The largest absolute Gasteiger partial charge is 0.480 e. The molecular weight excluding hydrogens is 254 g/mol. The third kappa shape index (κ3) is 3.43. The summed E-state index contributed by atoms with van der Waals surface area (Å²) in [5.41, 5.74) is 1.23. The molecular formula is C11H17N3O3S. The highest BCUT2D eigenvalue weighted by Gasteiger charge is 2.36. The first-order valence-electron chi connectivity index (χ1n) is 5.70. The van der Waals surface area contributed by atoms with Gasteiger partial charge in [-0.3, -0.25) is 0 Å². The number of hydrogen-bond acceptors (Lipinski definition) is 4. The molecule has 2 amide bonds. The van der Waals surface area contributed by atoms with E-state index in [1.807, 2.05) is 5.38 Å². The van der Waals surface area contributed by atoms with E-state index in [1.165, 1.54) is 11.3 Å². The van der Waals surface area contributed by atoms with Gasteiger partial charge in [0.2, 0.25) is 0 Å². The number of nitrogens with one attached hydrogen (secondary N) is 2. The topological polar surface area (TPSA) is 91.3 Å². The molecule has 0 unspecified atom stereocenters. The van der Waals surface area contributed by atoms with Crippen LogP contribution in [0.15, 0.2) is 10.9 Å². The molecule has 0 bridgehead atoms. The summed E-state index contributed by atoms with van der Waals surface area (Å²) in [7, 11) is 0. The Balaban J connectivity index is 2.54. The lowest BCUT2D eigenvalue weighted by Gasteiger charge is -2.27. The van der Waals surface area contributed by atoms with Gasteiger partial charge in [-0.15, -0.1) is 11.3 Å². The van der Waals surface area contributed by atoms with Crippen LogP contribution in [0.3, 0.4) is 0 Å². The highest BCUT2D eigenvalue weighted by Crippen LogP contribution is 2.15. The van der Waals surface area contributed by atoms with Gasteiger partial charge in [-0.25, -0.2) is 14.6 Å². The van der Waals surface area contributed by atoms with E-state index in [0.717, 1.165) is 5.69 Å². The van der Waals surface area contributed by atoms with Crippen molar-refractivity contribution >= 4 is 23.3 Å². The van der Waals surface area contributed by atoms with Crippen LogP contribution in [0.2, 0.25) is 0 Å². The first-order valence-corrected chi connectivity index (χ1v) is 6.64. The van der Waals surface area contributed by atoms with Crippen molar-refractivity contribution in [3.05, 3.63) is 16.6 Å². The van der Waals surface area contributed by atoms with Crippen LogP contribution in [0.25, 0.3) is 0 Å². The van der Waals surface area contributed by atoms with E-state index in [0.29, 0.717) is 19.4 Å². The summed E-state index contributed by atoms with van der Waals surface area (Å²) in [6.07, 6.45) is 0.673. The summed E-state index contributed by atoms with van der Waals surface area (Å²) >= 11 is 1.44. The Morgan fingerprint density at radius 1 is 1.44 bits per heavy atom. The second kappa shape index (κ2) is 6.34. The molecule has 0 fully saturated rings. The molecule has 7 heteroatoms. The number of carbonyl (C=O) groups excluding carboxylic acids is 1. The normalized spacial score (nSPS) is 11.0. The fourth-order valence-electron chi connectivity index (χ4n) is 1.54. The van der Waals surface area contributed by atoms with Crippen molar-refractivity contribution < 1.29 is 14.7 Å². The maximum atomic E-state index is 11.7. The molecule has 1 heterocycles. The zero-order valence-electron chi connectivity index (χ0n) is 10.4. The number of urea groups is 1. The molecule has 0 saturated heterocycles. The van der Waals surface area contributed by atoms with Crippen molar-refractivity contribution in [2.75, 3.05) is 0 Å². The zero-order valence-corrected chi connectivity index (χ0v) is 11.2. The highest BCUT2D eigenvalue weighted by atomic mass is 32.1. The number of nitrogens with zero attached hydrogens (tertiary/aromatic N) is 1. The van der Waals surface area contributed by atoms with Gasteiger partial charge in [-0.05, 0) is 12.8 Å². The molecule has 1 aromatic rings. The van der Waals surface area contributed by atoms with Crippen LogP contribution >= 0.6 is 11.3 Å². The summed E-state index contributed by atoms with van der Waals surface area (Å²) in [5.74, 6) is -1.02. The van der Waals surface area contributed by atoms with E-state index in [4.69, 9.17) is 0 Å². The Morgan fingerprint density at radius 2 is 2.11 bits per heavy atom. The smallest absolute Gasteiger partial charge is 0.329 e. The standard InChI is InChI=1S/C11H17N3O3S/c1-3-11(4-2,9(15)16)14-10(17)12-5-8-6-18-7-13-8/h6-7H,3-5H2,1-2H3,(H,15,16)(H2,12,14,17). The second-order valence-electron chi connectivity index (χ2n) is 3.88. The Hall–Kier alpha value is -1.63. The van der Waals surface area contributed by atoms with Gasteiger partial charge in [0.1, 0.15) is 5.54 Å². The van der Waals surface area contributed by atoms with Crippen LogP contribution in [0.4, 0.5) is 4.79 Å². The molecule has 1 rings (SSSR count). The van der Waals surface area contributed by atoms with Crippen molar-refractivity contribution in [3.8, 4) is 0 Å². The van der Waals surface area contributed by atoms with Crippen molar-refractivity contribution in [3.63, 3.8) is 0 Å². The number of aliphatic carboxylic acids is 1. The van der Waals surface area contributed by atoms with Crippen LogP contribution < -0.4 is 10.6 Å². The number of thiazole rings is 1. The fourth-order valence-corrected chi connectivity index (χ4v) is 2.10. The summed E-state index contributed by atoms with van der Waals surface area (Å²) in [6, 6.07) is -0.492. The van der Waals surface area contributed by atoms with Crippen LogP contribution in [-0.4, -0.2) is 27.6 Å². The lowest BCUT2D eigenvalue weighted by atomic mass is 9.93. The molecule has 0 aliphatic heterocycles. The van der Waals surface area contributed by atoms with Gasteiger partial charge in [0.15, 0.2) is 0 Å². The monoisotopic (exact) mass is 271 g/mol. The van der Waals surface area contributed by atoms with Crippen LogP contribution in [-0.2, 0) is 11.3 Å². The predicted octanol–water partition coefficient (Wildman–Crippen LogP) is 1.59. The van der Waals surface area contributed by atoms with E-state index in [-0.39, 0.29) is 0 Å². The minimum absolute atomic E-state index is 0.290. The Morgan fingerprint density at radius 3 is 2.56 bits per heavy atom. The summed E-state index contributed by atoms with van der Waals surface area (Å²) < 4.78 is 0. The van der Waals surface area contributed by atoms with Crippen molar-refractivity contribution in [2.45, 2.75) is 38.8 Å². The highest BCUT2D eigenvalue weighted by molar-refractivity contribution is 7.07. The van der Waals surface area contributed by atoms with E-state index >= 15 is 0 Å². The first kappa shape index (κ1) is 14.4. The van der Waals surface area contributed by atoms with Gasteiger partial charge in [0.05, 0.1) is 17.7 Å². The van der Waals surface area contributed by atoms with Gasteiger partial charge in [-0.1, -0.05) is 13.8 Å². The SMILES string of the molecule is CCC(CC)(NC(=O)NCc1cscn1)C(=O)O. The van der Waals surface area contributed by atoms with Gasteiger partial charge in [0, 0.05) is 5.38 Å². The lowest BCUT2D eigenvalue weighted by Crippen LogP contribution is -2.56. The number of amides is 2. The molecule has 1 aromatic heterocycles. The second-order valence-corrected chi connectivity index (χ2v) is 4.60. The minimum atomic E-state index is -1.20. The summed E-state index contributed by atoms with van der Waals surface area (Å²) in [6.45, 7) is 3.76. The number of aromatic nitrogens is 1. The number of hydrogen-bond donors (Lipinski definition) is 3. The van der Waals surface area contributed by atoms with Gasteiger partial charge in [0.25, 0.3) is 0 Å². The van der Waals surface area contributed by atoms with Crippen LogP contribution in [0.5, 0.6) is 0 Å². The molecule has 3 N–H and O–H groups in total. The number of carboxylic acids is 1. The minimum Gasteiger partial charge on any atom is -0.480 e. The summed E-state index contributed by atoms with van der Waals surface area (Å²) in [5, 5.41) is 16.1. The van der Waals surface area contributed by atoms with E-state index in [2.05, 4.69) is 15.6 Å². The third-order valence-corrected chi connectivity index (χ3v) is 3.52. The fraction of sp³-hybridized carbons (Fsp3) is 0.545. The van der Waals surface area contributed by atoms with Crippen LogP contribution in [0.1, 0.15) is 32.4 Å². The van der Waals surface area contributed by atoms with E-state index in [9.17, 15) is 14.7 Å². The van der Waals surface area contributed by atoms with Gasteiger partial charge < -0.3 is 15.7 Å². The molecule has 6 nitrogen and oxygen atoms in total. The molecule has 0 aliphatic rings. The molecule has 18 heavy (non-hydrogen) atoms. The lowest BCUT2D eigenvalue weighted by molar-refractivity contribution is -0.144. The summed E-state index contributed by atoms with van der Waals surface area (Å²) in [4.78, 5) is 26.9. The maximum absolute atomic E-state index is 11.7. The average Bonchev–Trinajstić information content (AvgIpc) is 2.86. The average molecular weight is 271 g/mol. The first-order chi connectivity index (χ1) is 8.54. The molecule has 0 aromatic carbocycles. The molecule has 0 saturated carbocycles. The van der Waals surface area contributed by atoms with Crippen molar-refractivity contribution in [2.24, 2.45) is 0 Å².